The molecule has 0 fully saturated rings. The Bertz CT molecular complexity index is 201. The van der Waals surface area contributed by atoms with Crippen LogP contribution in [-0.4, -0.2) is 5.78 Å². The fourth-order valence-corrected chi connectivity index (χ4v) is 1.75. The quantitative estimate of drug-likeness (QED) is 0.564. The molecule has 0 radical (unpaired) electrons. The molecule has 11 heavy (non-hydrogen) atoms. The van der Waals surface area contributed by atoms with Gasteiger partial charge in [-0.1, -0.05) is 12.5 Å². The maximum Gasteiger partial charge on any atom is 0.158 e. The summed E-state index contributed by atoms with van der Waals surface area (Å²) in [5.41, 5.74) is 2.34. The van der Waals surface area contributed by atoms with Crippen LogP contribution in [0.3, 0.4) is 0 Å². The van der Waals surface area contributed by atoms with Crippen LogP contribution in [0.2, 0.25) is 0 Å². The molecule has 1 nitrogen and oxygen atoms in total. The van der Waals surface area contributed by atoms with E-state index in [1.165, 1.54) is 12.0 Å². The summed E-state index contributed by atoms with van der Waals surface area (Å²) in [6, 6.07) is 0. The highest BCUT2D eigenvalue weighted by Gasteiger charge is 2.21. The van der Waals surface area contributed by atoms with E-state index < -0.39 is 0 Å². The molecule has 1 aliphatic carbocycles. The third-order valence-electron chi connectivity index (χ3n) is 2.83. The third-order valence-corrected chi connectivity index (χ3v) is 2.83. The summed E-state index contributed by atoms with van der Waals surface area (Å²) >= 11 is 0. The lowest BCUT2D eigenvalue weighted by Gasteiger charge is -2.22. The molecule has 1 atom stereocenters. The van der Waals surface area contributed by atoms with Gasteiger partial charge in [-0.05, 0) is 38.2 Å². The SMILES string of the molecule is CCC1CCC(=O)C(C)=C1C. The molecule has 0 aliphatic heterocycles. The van der Waals surface area contributed by atoms with Crippen LogP contribution in [0.25, 0.3) is 0 Å². The Kier molecular flexibility index (Phi) is 2.48. The second kappa shape index (κ2) is 3.21. The first-order valence-corrected chi connectivity index (χ1v) is 4.37. The predicted molar refractivity (Wildman–Crippen MR) is 46.4 cm³/mol. The molecule has 62 valence electrons. The largest absolute Gasteiger partial charge is 0.295 e. The Balaban J connectivity index is 2.87. The van der Waals surface area contributed by atoms with Gasteiger partial charge in [0.15, 0.2) is 5.78 Å². The second-order valence-corrected chi connectivity index (χ2v) is 3.38. The summed E-state index contributed by atoms with van der Waals surface area (Å²) < 4.78 is 0. The van der Waals surface area contributed by atoms with Crippen molar-refractivity contribution in [2.45, 2.75) is 40.0 Å². The van der Waals surface area contributed by atoms with Crippen LogP contribution >= 0.6 is 0 Å². The van der Waals surface area contributed by atoms with Gasteiger partial charge in [-0.25, -0.2) is 0 Å². The van der Waals surface area contributed by atoms with Crippen LogP contribution in [0.15, 0.2) is 11.1 Å². The molecule has 0 aromatic rings. The Morgan fingerprint density at radius 1 is 1.45 bits per heavy atom. The van der Waals surface area contributed by atoms with Gasteiger partial charge in [-0.3, -0.25) is 4.79 Å². The van der Waals surface area contributed by atoms with Crippen molar-refractivity contribution >= 4 is 5.78 Å². The monoisotopic (exact) mass is 152 g/mol. The first-order valence-electron chi connectivity index (χ1n) is 4.37. The molecule has 1 rings (SSSR count). The van der Waals surface area contributed by atoms with E-state index in [0.717, 1.165) is 18.4 Å². The molecule has 1 unspecified atom stereocenters. The molecule has 1 aliphatic rings. The molecular weight excluding hydrogens is 136 g/mol. The summed E-state index contributed by atoms with van der Waals surface area (Å²) in [4.78, 5) is 11.2. The van der Waals surface area contributed by atoms with Gasteiger partial charge in [0.2, 0.25) is 0 Å². The van der Waals surface area contributed by atoms with Crippen LogP contribution < -0.4 is 0 Å². The molecule has 0 bridgehead atoms. The Hall–Kier alpha value is -0.590. The van der Waals surface area contributed by atoms with Crippen molar-refractivity contribution < 1.29 is 4.79 Å². The topological polar surface area (TPSA) is 17.1 Å². The van der Waals surface area contributed by atoms with Crippen LogP contribution in [0, 0.1) is 5.92 Å². The average Bonchev–Trinajstić information content (AvgIpc) is 2.01. The molecular formula is C10H16O. The summed E-state index contributed by atoms with van der Waals surface area (Å²) in [5.74, 6) is 1.03. The lowest BCUT2D eigenvalue weighted by Crippen LogP contribution is -2.15. The molecule has 0 spiro atoms. The first-order chi connectivity index (χ1) is 5.16. The van der Waals surface area contributed by atoms with Crippen molar-refractivity contribution in [1.82, 2.24) is 0 Å². The van der Waals surface area contributed by atoms with E-state index in [2.05, 4.69) is 13.8 Å². The highest BCUT2D eigenvalue weighted by atomic mass is 16.1. The van der Waals surface area contributed by atoms with Crippen LogP contribution in [0.5, 0.6) is 0 Å². The van der Waals surface area contributed by atoms with Gasteiger partial charge in [0, 0.05) is 6.42 Å². The van der Waals surface area contributed by atoms with Crippen LogP contribution in [-0.2, 0) is 4.79 Å². The van der Waals surface area contributed by atoms with E-state index in [9.17, 15) is 4.79 Å². The summed E-state index contributed by atoms with van der Waals surface area (Å²) in [5, 5.41) is 0. The minimum absolute atomic E-state index is 0.354. The van der Waals surface area contributed by atoms with E-state index in [4.69, 9.17) is 0 Å². The maximum absolute atomic E-state index is 11.2. The standard InChI is InChI=1S/C10H16O/c1-4-9-5-6-10(11)8(3)7(9)2/h9H,4-6H2,1-3H3. The van der Waals surface area contributed by atoms with Gasteiger partial charge < -0.3 is 0 Å². The van der Waals surface area contributed by atoms with Crippen LogP contribution in [0.4, 0.5) is 0 Å². The van der Waals surface area contributed by atoms with E-state index in [-0.39, 0.29) is 0 Å². The molecule has 0 saturated carbocycles. The molecule has 0 N–H and O–H groups in total. The highest BCUT2D eigenvalue weighted by Crippen LogP contribution is 2.29. The average molecular weight is 152 g/mol. The summed E-state index contributed by atoms with van der Waals surface area (Å²) in [6.07, 6.45) is 3.01. The molecule has 1 heteroatoms. The molecule has 0 heterocycles. The number of hydrogen-bond donors (Lipinski definition) is 0. The lowest BCUT2D eigenvalue weighted by atomic mass is 9.82. The Morgan fingerprint density at radius 2 is 2.09 bits per heavy atom. The molecule has 0 aromatic carbocycles. The van der Waals surface area contributed by atoms with E-state index in [1.807, 2.05) is 6.92 Å². The summed E-state index contributed by atoms with van der Waals surface area (Å²) in [7, 11) is 0. The van der Waals surface area contributed by atoms with Gasteiger partial charge >= 0.3 is 0 Å². The van der Waals surface area contributed by atoms with Gasteiger partial charge in [0.25, 0.3) is 0 Å². The number of ketones is 1. The fraction of sp³-hybridized carbons (Fsp3) is 0.700. The fourth-order valence-electron chi connectivity index (χ4n) is 1.75. The minimum Gasteiger partial charge on any atom is -0.295 e. The van der Waals surface area contributed by atoms with Gasteiger partial charge in [-0.2, -0.15) is 0 Å². The number of rotatable bonds is 1. The minimum atomic E-state index is 0.354. The Labute approximate surface area is 68.5 Å². The van der Waals surface area contributed by atoms with E-state index >= 15 is 0 Å². The van der Waals surface area contributed by atoms with Crippen molar-refractivity contribution in [2.24, 2.45) is 5.92 Å². The van der Waals surface area contributed by atoms with Crippen molar-refractivity contribution in [2.75, 3.05) is 0 Å². The molecule has 0 aromatic heterocycles. The van der Waals surface area contributed by atoms with Crippen molar-refractivity contribution in [3.8, 4) is 0 Å². The second-order valence-electron chi connectivity index (χ2n) is 3.38. The number of Topliss-reactive ketones (excluding diaryl/α,β-unsaturated/α-hetero) is 1. The summed E-state index contributed by atoms with van der Waals surface area (Å²) in [6.45, 7) is 6.25. The number of hydrogen-bond acceptors (Lipinski definition) is 1. The predicted octanol–water partition coefficient (Wildman–Crippen LogP) is 2.71. The number of carbonyl (C=O) groups excluding carboxylic acids is 1. The third kappa shape index (κ3) is 1.52. The van der Waals surface area contributed by atoms with E-state index in [1.54, 1.807) is 0 Å². The van der Waals surface area contributed by atoms with E-state index in [0.29, 0.717) is 11.7 Å². The highest BCUT2D eigenvalue weighted by molar-refractivity contribution is 5.96. The normalized spacial score (nSPS) is 26.1. The maximum atomic E-state index is 11.2. The van der Waals surface area contributed by atoms with Crippen molar-refractivity contribution in [3.05, 3.63) is 11.1 Å². The van der Waals surface area contributed by atoms with Crippen LogP contribution in [0.1, 0.15) is 40.0 Å². The molecule has 0 saturated heterocycles. The van der Waals surface area contributed by atoms with Gasteiger partial charge in [0.1, 0.15) is 0 Å². The zero-order valence-electron chi connectivity index (χ0n) is 7.61. The number of carbonyl (C=O) groups is 1. The van der Waals surface area contributed by atoms with Crippen molar-refractivity contribution in [3.63, 3.8) is 0 Å². The Morgan fingerprint density at radius 3 is 2.64 bits per heavy atom. The smallest absolute Gasteiger partial charge is 0.158 e. The van der Waals surface area contributed by atoms with Crippen molar-refractivity contribution in [1.29, 1.82) is 0 Å². The molecule has 0 amide bonds. The zero-order chi connectivity index (χ0) is 8.43. The lowest BCUT2D eigenvalue weighted by molar-refractivity contribution is -0.116. The first kappa shape index (κ1) is 8.51. The van der Waals surface area contributed by atoms with Gasteiger partial charge in [0.05, 0.1) is 0 Å². The zero-order valence-corrected chi connectivity index (χ0v) is 7.61. The number of allylic oxidation sites excluding steroid dienone is 2. The van der Waals surface area contributed by atoms with Gasteiger partial charge in [-0.15, -0.1) is 0 Å².